The van der Waals surface area contributed by atoms with E-state index in [1.165, 1.54) is 0 Å². The molecule has 0 spiro atoms. The minimum atomic E-state index is -1.96. The molecule has 8 atom stereocenters. The first-order chi connectivity index (χ1) is 16.4. The lowest BCUT2D eigenvalue weighted by molar-refractivity contribution is -0.153. The fourth-order valence-corrected chi connectivity index (χ4v) is 7.42. The zero-order valence-corrected chi connectivity index (χ0v) is 19.8. The normalized spacial score (nSPS) is 43.6. The second-order valence-corrected chi connectivity index (χ2v) is 10.5. The molecule has 3 fully saturated rings. The van der Waals surface area contributed by atoms with Crippen LogP contribution < -0.4 is 22.3 Å². The van der Waals surface area contributed by atoms with Crippen LogP contribution in [0.4, 0.5) is 9.59 Å². The maximum absolute atomic E-state index is 11.8. The number of hydrazone groups is 2. The number of nitrogens with two attached hydrogens (primary N) is 2. The van der Waals surface area contributed by atoms with Gasteiger partial charge >= 0.3 is 12.1 Å². The largest absolute Gasteiger partial charge is 0.393 e. The fourth-order valence-electron chi connectivity index (χ4n) is 7.42. The molecule has 192 valence electrons. The van der Waals surface area contributed by atoms with Gasteiger partial charge in [-0.05, 0) is 49.7 Å². The lowest BCUT2D eigenvalue weighted by Gasteiger charge is -2.59. The Morgan fingerprint density at radius 2 is 1.89 bits per heavy atom. The number of carbonyl (C=O) groups is 2. The van der Waals surface area contributed by atoms with Crippen LogP contribution in [0.5, 0.6) is 0 Å². The van der Waals surface area contributed by atoms with Crippen LogP contribution in [-0.4, -0.2) is 68.3 Å². The Kier molecular flexibility index (Phi) is 6.29. The van der Waals surface area contributed by atoms with Gasteiger partial charge in [0.05, 0.1) is 30.2 Å². The molecule has 0 aliphatic heterocycles. The Labute approximate surface area is 202 Å². The fraction of sp³-hybridized carbons (Fsp3) is 0.652. The van der Waals surface area contributed by atoms with Crippen molar-refractivity contribution in [1.82, 2.24) is 10.9 Å². The molecule has 4 aliphatic rings. The van der Waals surface area contributed by atoms with E-state index in [1.54, 1.807) is 13.0 Å². The number of nitrogens with one attached hydrogen (secondary N) is 2. The topological polar surface area (TPSA) is 216 Å². The first kappa shape index (κ1) is 25.3. The van der Waals surface area contributed by atoms with E-state index < -0.39 is 47.3 Å². The van der Waals surface area contributed by atoms with E-state index in [4.69, 9.17) is 11.5 Å². The maximum atomic E-state index is 11.8. The van der Waals surface area contributed by atoms with Crippen molar-refractivity contribution in [2.75, 3.05) is 6.61 Å². The zero-order valence-electron chi connectivity index (χ0n) is 19.8. The third-order valence-corrected chi connectivity index (χ3v) is 8.91. The molecule has 35 heavy (non-hydrogen) atoms. The molecular formula is C23H34N6O6. The number of aliphatic hydroxyl groups is 4. The summed E-state index contributed by atoms with van der Waals surface area (Å²) in [5, 5.41) is 52.2. The molecule has 3 saturated carbocycles. The monoisotopic (exact) mass is 490 g/mol. The minimum absolute atomic E-state index is 0.0366. The maximum Gasteiger partial charge on any atom is 0.332 e. The molecule has 0 unspecified atom stereocenters. The molecule has 0 heterocycles. The van der Waals surface area contributed by atoms with E-state index in [0.29, 0.717) is 18.6 Å². The van der Waals surface area contributed by atoms with E-state index in [9.17, 15) is 30.0 Å². The van der Waals surface area contributed by atoms with Gasteiger partial charge in [-0.15, -0.1) is 0 Å². The summed E-state index contributed by atoms with van der Waals surface area (Å²) >= 11 is 0. The summed E-state index contributed by atoms with van der Waals surface area (Å²) in [6.45, 7) is 3.16. The summed E-state index contributed by atoms with van der Waals surface area (Å²) in [5.41, 5.74) is 12.5. The molecule has 4 rings (SSSR count). The highest BCUT2D eigenvalue weighted by molar-refractivity contribution is 6.06. The van der Waals surface area contributed by atoms with Crippen molar-refractivity contribution in [1.29, 1.82) is 0 Å². The number of allylic oxidation sites excluding steroid dienone is 4. The van der Waals surface area contributed by atoms with Crippen molar-refractivity contribution in [3.63, 3.8) is 0 Å². The van der Waals surface area contributed by atoms with Crippen LogP contribution in [0.15, 0.2) is 34.0 Å². The van der Waals surface area contributed by atoms with Gasteiger partial charge in [0.2, 0.25) is 0 Å². The Morgan fingerprint density at radius 3 is 2.51 bits per heavy atom. The van der Waals surface area contributed by atoms with Crippen molar-refractivity contribution in [3.8, 4) is 0 Å². The second-order valence-electron chi connectivity index (χ2n) is 10.5. The van der Waals surface area contributed by atoms with Gasteiger partial charge in [0, 0.05) is 16.7 Å². The van der Waals surface area contributed by atoms with Crippen LogP contribution in [0.2, 0.25) is 0 Å². The number of fused-ring (bicyclic) bond motifs is 5. The molecule has 0 aromatic heterocycles. The molecule has 4 aliphatic carbocycles. The molecule has 10 N–H and O–H groups in total. The second kappa shape index (κ2) is 8.70. The Bertz CT molecular complexity index is 1040. The summed E-state index contributed by atoms with van der Waals surface area (Å²) in [7, 11) is 0. The predicted molar refractivity (Wildman–Crippen MR) is 127 cm³/mol. The summed E-state index contributed by atoms with van der Waals surface area (Å²) in [6, 6.07) is -1.72. The molecule has 12 heteroatoms. The number of nitrogens with zero attached hydrogens (tertiary/aromatic N) is 2. The smallest absolute Gasteiger partial charge is 0.332 e. The first-order valence-electron chi connectivity index (χ1n) is 11.7. The van der Waals surface area contributed by atoms with Gasteiger partial charge in [0.1, 0.15) is 5.60 Å². The molecule has 0 radical (unpaired) electrons. The standard InChI is InChI=1S/C23H34N6O6/c1-21-6-5-12(26-28-19(24)33)7-11(21)3-4-13-14-8-17(32)23(35,16(10-30)27-29-20(25)34)22(14,2)9-15(31)18(13)21/h5-7,13-15,17-18,30-32,35H,3-4,8-10H2,1-2H3,(H3,24,28,33)(H3,25,29,34)/b26-12-,27-16-/t13-,14-,15-,17+,18+,21-,22-,23+/m0/s1. The van der Waals surface area contributed by atoms with Crippen LogP contribution in [0.1, 0.15) is 39.5 Å². The van der Waals surface area contributed by atoms with Gasteiger partial charge in [-0.1, -0.05) is 25.5 Å². The van der Waals surface area contributed by atoms with Gasteiger partial charge in [0.25, 0.3) is 0 Å². The summed E-state index contributed by atoms with van der Waals surface area (Å²) in [6.07, 6.45) is 5.41. The highest BCUT2D eigenvalue weighted by Gasteiger charge is 2.70. The van der Waals surface area contributed by atoms with Crippen LogP contribution in [0.25, 0.3) is 0 Å². The van der Waals surface area contributed by atoms with Crippen molar-refractivity contribution >= 4 is 23.5 Å². The first-order valence-corrected chi connectivity index (χ1v) is 11.7. The third-order valence-electron chi connectivity index (χ3n) is 8.91. The van der Waals surface area contributed by atoms with E-state index in [2.05, 4.69) is 22.6 Å². The average molecular weight is 491 g/mol. The molecule has 0 bridgehead atoms. The summed E-state index contributed by atoms with van der Waals surface area (Å²) < 4.78 is 0. The molecular weight excluding hydrogens is 456 g/mol. The van der Waals surface area contributed by atoms with Crippen LogP contribution >= 0.6 is 0 Å². The lowest BCUT2D eigenvalue weighted by atomic mass is 9.46. The average Bonchev–Trinajstić information content (AvgIpc) is 2.98. The number of primary amides is 2. The Balaban J connectivity index is 1.69. The van der Waals surface area contributed by atoms with Gasteiger partial charge in [-0.25, -0.2) is 20.4 Å². The van der Waals surface area contributed by atoms with E-state index in [1.807, 2.05) is 17.6 Å². The number of urea groups is 2. The number of amides is 4. The van der Waals surface area contributed by atoms with Gasteiger partial charge in [-0.3, -0.25) is 0 Å². The van der Waals surface area contributed by atoms with Gasteiger partial charge in [-0.2, -0.15) is 10.2 Å². The van der Waals surface area contributed by atoms with Crippen molar-refractivity contribution < 1.29 is 30.0 Å². The van der Waals surface area contributed by atoms with Crippen molar-refractivity contribution in [3.05, 3.63) is 23.8 Å². The van der Waals surface area contributed by atoms with Gasteiger partial charge in [0.15, 0.2) is 0 Å². The molecule has 12 nitrogen and oxygen atoms in total. The Hall–Kier alpha value is -2.80. The van der Waals surface area contributed by atoms with Gasteiger partial charge < -0.3 is 31.9 Å². The van der Waals surface area contributed by atoms with Crippen molar-refractivity contribution in [2.24, 2.45) is 50.3 Å². The van der Waals surface area contributed by atoms with E-state index in [-0.39, 0.29) is 36.3 Å². The highest BCUT2D eigenvalue weighted by atomic mass is 16.3. The van der Waals surface area contributed by atoms with Crippen LogP contribution in [-0.2, 0) is 0 Å². The number of carbonyl (C=O) groups excluding carboxylic acids is 2. The molecule has 0 aromatic rings. The summed E-state index contributed by atoms with van der Waals surface area (Å²) in [4.78, 5) is 22.2. The predicted octanol–water partition coefficient (Wildman–Crippen LogP) is -0.561. The molecule has 0 saturated heterocycles. The SMILES string of the molecule is C[C@]12C=C/C(=N/NC(N)=O)C=C1CC[C@@H]1[C@@H]2[C@@H](O)C[C@@]2(C)[C@H]1C[C@@H](O)[C@]2(O)/C(CO)=N\NC(N)=O. The quantitative estimate of drug-likeness (QED) is 0.191. The van der Waals surface area contributed by atoms with Crippen LogP contribution in [0.3, 0.4) is 0 Å². The molecule has 0 aromatic carbocycles. The minimum Gasteiger partial charge on any atom is -0.393 e. The number of aliphatic hydroxyl groups excluding tert-OH is 3. The number of rotatable bonds is 4. The zero-order chi connectivity index (χ0) is 25.8. The van der Waals surface area contributed by atoms with Crippen LogP contribution in [0, 0.1) is 28.6 Å². The number of hydrogen-bond acceptors (Lipinski definition) is 8. The Morgan fingerprint density at radius 1 is 1.20 bits per heavy atom. The van der Waals surface area contributed by atoms with Crippen molar-refractivity contribution in [2.45, 2.75) is 57.3 Å². The lowest BCUT2D eigenvalue weighted by Crippen LogP contribution is -2.64. The summed E-state index contributed by atoms with van der Waals surface area (Å²) in [5.74, 6) is -0.402. The number of hydrogen-bond donors (Lipinski definition) is 8. The molecule has 4 amide bonds. The van der Waals surface area contributed by atoms with E-state index in [0.717, 1.165) is 5.57 Å². The third kappa shape index (κ3) is 3.75. The highest BCUT2D eigenvalue weighted by Crippen LogP contribution is 2.67. The van der Waals surface area contributed by atoms with E-state index >= 15 is 0 Å².